The molecular formula is C17H19F3N2O3. The summed E-state index contributed by atoms with van der Waals surface area (Å²) in [5, 5.41) is 2.29. The highest BCUT2D eigenvalue weighted by atomic mass is 19.4. The molecule has 136 valence electrons. The van der Waals surface area contributed by atoms with Crippen LogP contribution in [0.5, 0.6) is 0 Å². The summed E-state index contributed by atoms with van der Waals surface area (Å²) in [6, 6.07) is 4.13. The number of hydrogen-bond donors (Lipinski definition) is 1. The first-order valence-corrected chi connectivity index (χ1v) is 8.24. The molecule has 0 spiro atoms. The van der Waals surface area contributed by atoms with Crippen LogP contribution < -0.4 is 5.32 Å². The average Bonchev–Trinajstić information content (AvgIpc) is 2.57. The van der Waals surface area contributed by atoms with Crippen LogP contribution >= 0.6 is 0 Å². The van der Waals surface area contributed by atoms with E-state index in [9.17, 15) is 22.8 Å². The van der Waals surface area contributed by atoms with Crippen LogP contribution in [-0.4, -0.2) is 42.0 Å². The molecular weight excluding hydrogens is 337 g/mol. The molecule has 0 radical (unpaired) electrons. The van der Waals surface area contributed by atoms with Crippen LogP contribution in [0.4, 0.5) is 18.9 Å². The number of piperidine rings is 1. The lowest BCUT2D eigenvalue weighted by Crippen LogP contribution is -2.57. The van der Waals surface area contributed by atoms with Crippen LogP contribution in [0.3, 0.4) is 0 Å². The number of para-hydroxylation sites is 1. The Bertz CT molecular complexity index is 663. The number of ether oxygens (including phenoxy) is 1. The number of anilines is 1. The van der Waals surface area contributed by atoms with Crippen molar-refractivity contribution in [1.82, 2.24) is 4.90 Å². The molecule has 25 heavy (non-hydrogen) atoms. The standard InChI is InChI=1S/C17H19F3N2O3/c18-17(19,20)12-6-1-2-7-13(12)21-15(23)9-14-16(24)25-10-11-5-3-4-8-22(11)14/h1-2,6-7,11,14H,3-5,8-10H2,(H,21,23)/t11-,14+/m0/s1. The van der Waals surface area contributed by atoms with Crippen molar-refractivity contribution < 1.29 is 27.5 Å². The van der Waals surface area contributed by atoms with Gasteiger partial charge >= 0.3 is 12.1 Å². The summed E-state index contributed by atoms with van der Waals surface area (Å²) in [5.74, 6) is -1.12. The van der Waals surface area contributed by atoms with E-state index < -0.39 is 29.7 Å². The van der Waals surface area contributed by atoms with E-state index in [-0.39, 0.29) is 18.2 Å². The lowest BCUT2D eigenvalue weighted by molar-refractivity contribution is -0.165. The zero-order chi connectivity index (χ0) is 18.0. The first kappa shape index (κ1) is 17.7. The number of esters is 1. The minimum atomic E-state index is -4.56. The van der Waals surface area contributed by atoms with Gasteiger partial charge in [-0.05, 0) is 31.5 Å². The lowest BCUT2D eigenvalue weighted by atomic mass is 9.97. The van der Waals surface area contributed by atoms with Gasteiger partial charge in [-0.3, -0.25) is 14.5 Å². The van der Waals surface area contributed by atoms with Crippen molar-refractivity contribution >= 4 is 17.6 Å². The molecule has 2 saturated heterocycles. The molecule has 5 nitrogen and oxygen atoms in total. The molecule has 3 rings (SSSR count). The summed E-state index contributed by atoms with van der Waals surface area (Å²) in [6.07, 6.45) is -1.93. The third kappa shape index (κ3) is 3.95. The van der Waals surface area contributed by atoms with Crippen LogP contribution in [0.15, 0.2) is 24.3 Å². The van der Waals surface area contributed by atoms with E-state index in [1.54, 1.807) is 0 Å². The average molecular weight is 356 g/mol. The number of fused-ring (bicyclic) bond motifs is 1. The van der Waals surface area contributed by atoms with Gasteiger partial charge in [-0.15, -0.1) is 0 Å². The quantitative estimate of drug-likeness (QED) is 0.846. The minimum absolute atomic E-state index is 0.0895. The Labute approximate surface area is 143 Å². The van der Waals surface area contributed by atoms with Gasteiger partial charge in [-0.2, -0.15) is 13.2 Å². The van der Waals surface area contributed by atoms with Crippen molar-refractivity contribution in [2.75, 3.05) is 18.5 Å². The predicted molar refractivity (Wildman–Crippen MR) is 83.8 cm³/mol. The Hall–Kier alpha value is -2.09. The Morgan fingerprint density at radius 3 is 2.80 bits per heavy atom. The largest absolute Gasteiger partial charge is 0.463 e. The SMILES string of the molecule is O=C(C[C@@H]1C(=O)OC[C@@H]2CCCCN21)Nc1ccccc1C(F)(F)F. The molecule has 0 unspecified atom stereocenters. The van der Waals surface area contributed by atoms with Gasteiger partial charge in [-0.1, -0.05) is 18.6 Å². The number of alkyl halides is 3. The summed E-state index contributed by atoms with van der Waals surface area (Å²) in [7, 11) is 0. The number of benzene rings is 1. The zero-order valence-corrected chi connectivity index (χ0v) is 13.5. The minimum Gasteiger partial charge on any atom is -0.463 e. The summed E-state index contributed by atoms with van der Waals surface area (Å²) >= 11 is 0. The van der Waals surface area contributed by atoms with Gasteiger partial charge in [0.2, 0.25) is 5.91 Å². The van der Waals surface area contributed by atoms with Crippen molar-refractivity contribution in [2.45, 2.75) is 43.9 Å². The first-order valence-electron chi connectivity index (χ1n) is 8.24. The molecule has 2 fully saturated rings. The summed E-state index contributed by atoms with van der Waals surface area (Å²) in [5.41, 5.74) is -1.22. The zero-order valence-electron chi connectivity index (χ0n) is 13.5. The number of nitrogens with zero attached hydrogens (tertiary/aromatic N) is 1. The molecule has 1 aromatic rings. The number of nitrogens with one attached hydrogen (secondary N) is 1. The Morgan fingerprint density at radius 1 is 1.28 bits per heavy atom. The molecule has 8 heteroatoms. The second kappa shape index (κ2) is 7.03. The van der Waals surface area contributed by atoms with Gasteiger partial charge < -0.3 is 10.1 Å². The molecule has 0 aromatic heterocycles. The van der Waals surface area contributed by atoms with Crippen molar-refractivity contribution in [2.24, 2.45) is 0 Å². The van der Waals surface area contributed by atoms with Gasteiger partial charge in [0.05, 0.1) is 17.7 Å². The highest BCUT2D eigenvalue weighted by Crippen LogP contribution is 2.34. The number of halogens is 3. The number of cyclic esters (lactones) is 1. The maximum absolute atomic E-state index is 13.0. The van der Waals surface area contributed by atoms with Crippen molar-refractivity contribution in [3.05, 3.63) is 29.8 Å². The molecule has 1 aromatic carbocycles. The third-order valence-corrected chi connectivity index (χ3v) is 4.65. The van der Waals surface area contributed by atoms with Gasteiger partial charge in [0.25, 0.3) is 0 Å². The molecule has 1 amide bonds. The van der Waals surface area contributed by atoms with E-state index in [1.165, 1.54) is 18.2 Å². The Balaban J connectivity index is 1.71. The fourth-order valence-electron chi connectivity index (χ4n) is 3.44. The second-order valence-corrected chi connectivity index (χ2v) is 6.33. The molecule has 1 N–H and O–H groups in total. The van der Waals surface area contributed by atoms with Gasteiger partial charge in [-0.25, -0.2) is 0 Å². The van der Waals surface area contributed by atoms with E-state index in [2.05, 4.69) is 5.32 Å². The molecule has 0 saturated carbocycles. The lowest BCUT2D eigenvalue weighted by Gasteiger charge is -2.43. The number of hydrogen-bond acceptors (Lipinski definition) is 4. The van der Waals surface area contributed by atoms with E-state index in [0.29, 0.717) is 13.2 Å². The highest BCUT2D eigenvalue weighted by Gasteiger charge is 2.40. The van der Waals surface area contributed by atoms with Crippen LogP contribution in [0.1, 0.15) is 31.2 Å². The molecule has 2 aliphatic rings. The summed E-state index contributed by atoms with van der Waals surface area (Å²) in [4.78, 5) is 26.3. The first-order chi connectivity index (χ1) is 11.9. The second-order valence-electron chi connectivity index (χ2n) is 6.33. The number of morpholine rings is 1. The van der Waals surface area contributed by atoms with Gasteiger partial charge in [0.15, 0.2) is 0 Å². The van der Waals surface area contributed by atoms with Crippen LogP contribution in [0.2, 0.25) is 0 Å². The summed E-state index contributed by atoms with van der Waals surface area (Å²) < 4.78 is 44.2. The van der Waals surface area contributed by atoms with Crippen LogP contribution in [-0.2, 0) is 20.5 Å². The monoisotopic (exact) mass is 356 g/mol. The highest BCUT2D eigenvalue weighted by molar-refractivity contribution is 5.95. The normalized spacial score (nSPS) is 24.4. The van der Waals surface area contributed by atoms with E-state index in [4.69, 9.17) is 4.74 Å². The molecule has 2 atom stereocenters. The molecule has 2 aliphatic heterocycles. The molecule has 0 bridgehead atoms. The third-order valence-electron chi connectivity index (χ3n) is 4.65. The number of amides is 1. The maximum atomic E-state index is 13.0. The van der Waals surface area contributed by atoms with Gasteiger partial charge in [0, 0.05) is 6.04 Å². The van der Waals surface area contributed by atoms with Crippen molar-refractivity contribution in [3.63, 3.8) is 0 Å². The Morgan fingerprint density at radius 2 is 2.04 bits per heavy atom. The predicted octanol–water partition coefficient (Wildman–Crippen LogP) is 2.81. The number of rotatable bonds is 3. The van der Waals surface area contributed by atoms with E-state index >= 15 is 0 Å². The Kier molecular flexibility index (Phi) is 4.99. The number of carbonyl (C=O) groups excluding carboxylic acids is 2. The summed E-state index contributed by atoms with van der Waals surface area (Å²) in [6.45, 7) is 1.00. The fourth-order valence-corrected chi connectivity index (χ4v) is 3.44. The molecule has 2 heterocycles. The fraction of sp³-hybridized carbons (Fsp3) is 0.529. The van der Waals surface area contributed by atoms with Crippen molar-refractivity contribution in [3.8, 4) is 0 Å². The van der Waals surface area contributed by atoms with E-state index in [0.717, 1.165) is 25.3 Å². The van der Waals surface area contributed by atoms with Crippen LogP contribution in [0.25, 0.3) is 0 Å². The topological polar surface area (TPSA) is 58.6 Å². The van der Waals surface area contributed by atoms with Gasteiger partial charge in [0.1, 0.15) is 12.6 Å². The smallest absolute Gasteiger partial charge is 0.418 e. The van der Waals surface area contributed by atoms with Crippen LogP contribution in [0, 0.1) is 0 Å². The maximum Gasteiger partial charge on any atom is 0.418 e. The van der Waals surface area contributed by atoms with Crippen molar-refractivity contribution in [1.29, 1.82) is 0 Å². The molecule has 0 aliphatic carbocycles. The number of carbonyl (C=O) groups is 2. The van der Waals surface area contributed by atoms with E-state index in [1.807, 2.05) is 4.90 Å².